The molecule has 84 valence electrons. The molecule has 0 spiro atoms. The maximum Gasteiger partial charge on any atom is 0.0568 e. The van der Waals surface area contributed by atoms with Gasteiger partial charge in [-0.25, -0.2) is 0 Å². The van der Waals surface area contributed by atoms with E-state index < -0.39 is 0 Å². The topological polar surface area (TPSA) is 30.7 Å². The van der Waals surface area contributed by atoms with Crippen molar-refractivity contribution in [3.05, 3.63) is 35.9 Å². The minimum absolute atomic E-state index is 0.474. The van der Waals surface area contributed by atoms with Gasteiger partial charge in [-0.1, -0.05) is 19.9 Å². The quantitative estimate of drug-likeness (QED) is 0.771. The Kier molecular flexibility index (Phi) is 2.77. The lowest BCUT2D eigenvalue weighted by Gasteiger charge is -2.08. The van der Waals surface area contributed by atoms with E-state index in [-0.39, 0.29) is 0 Å². The number of hydrogen-bond donors (Lipinski definition) is 0. The van der Waals surface area contributed by atoms with E-state index in [4.69, 9.17) is 0 Å². The van der Waals surface area contributed by atoms with Gasteiger partial charge in [-0.2, -0.15) is 5.10 Å². The maximum absolute atomic E-state index is 4.62. The molecule has 0 saturated carbocycles. The number of pyridine rings is 1. The number of rotatable bonds is 2. The molecule has 3 nitrogen and oxygen atoms in total. The van der Waals surface area contributed by atoms with Crippen molar-refractivity contribution in [2.75, 3.05) is 0 Å². The molecule has 0 aliphatic rings. The van der Waals surface area contributed by atoms with Gasteiger partial charge in [0.15, 0.2) is 0 Å². The Balaban J connectivity index is 2.44. The average Bonchev–Trinajstić information content (AvgIpc) is 2.64. The summed E-state index contributed by atoms with van der Waals surface area (Å²) in [7, 11) is 1.93. The zero-order chi connectivity index (χ0) is 11.7. The molecule has 0 fully saturated rings. The summed E-state index contributed by atoms with van der Waals surface area (Å²) in [4.78, 5) is 4.62. The first-order valence-electron chi connectivity index (χ1n) is 5.54. The number of nitrogens with zero attached hydrogens (tertiary/aromatic N) is 3. The van der Waals surface area contributed by atoms with Crippen LogP contribution in [0.1, 0.15) is 31.2 Å². The SMILES string of the molecule is Cc1nc(C(C)C)ccc1-c1cnn(C)c1. The lowest BCUT2D eigenvalue weighted by molar-refractivity contribution is 0.768. The predicted molar refractivity (Wildman–Crippen MR) is 65.3 cm³/mol. The van der Waals surface area contributed by atoms with Gasteiger partial charge in [0.1, 0.15) is 0 Å². The zero-order valence-electron chi connectivity index (χ0n) is 10.2. The van der Waals surface area contributed by atoms with Gasteiger partial charge in [0.2, 0.25) is 0 Å². The van der Waals surface area contributed by atoms with E-state index in [2.05, 4.69) is 36.1 Å². The van der Waals surface area contributed by atoms with Crippen LogP contribution >= 0.6 is 0 Å². The van der Waals surface area contributed by atoms with Crippen LogP contribution in [-0.4, -0.2) is 14.8 Å². The Labute approximate surface area is 96.1 Å². The van der Waals surface area contributed by atoms with Gasteiger partial charge in [0.25, 0.3) is 0 Å². The molecular weight excluding hydrogens is 198 g/mol. The van der Waals surface area contributed by atoms with Crippen LogP contribution in [0.3, 0.4) is 0 Å². The molecule has 0 aromatic carbocycles. The van der Waals surface area contributed by atoms with Gasteiger partial charge in [-0.05, 0) is 18.9 Å². The van der Waals surface area contributed by atoms with Crippen molar-refractivity contribution in [3.63, 3.8) is 0 Å². The van der Waals surface area contributed by atoms with Crippen LogP contribution in [0.4, 0.5) is 0 Å². The van der Waals surface area contributed by atoms with Gasteiger partial charge >= 0.3 is 0 Å². The highest BCUT2D eigenvalue weighted by molar-refractivity contribution is 5.64. The third-order valence-electron chi connectivity index (χ3n) is 2.71. The normalized spacial score (nSPS) is 11.1. The van der Waals surface area contributed by atoms with Crippen molar-refractivity contribution in [1.29, 1.82) is 0 Å². The van der Waals surface area contributed by atoms with E-state index in [0.717, 1.165) is 22.5 Å². The van der Waals surface area contributed by atoms with Gasteiger partial charge in [-0.3, -0.25) is 9.67 Å². The molecule has 0 N–H and O–H groups in total. The summed E-state index contributed by atoms with van der Waals surface area (Å²) in [5.41, 5.74) is 4.50. The van der Waals surface area contributed by atoms with E-state index in [9.17, 15) is 0 Å². The van der Waals surface area contributed by atoms with Gasteiger partial charge in [-0.15, -0.1) is 0 Å². The van der Waals surface area contributed by atoms with Crippen molar-refractivity contribution < 1.29 is 0 Å². The first kappa shape index (κ1) is 10.9. The molecule has 0 radical (unpaired) electrons. The Morgan fingerprint density at radius 1 is 1.25 bits per heavy atom. The van der Waals surface area contributed by atoms with Crippen molar-refractivity contribution in [2.45, 2.75) is 26.7 Å². The second kappa shape index (κ2) is 4.08. The minimum Gasteiger partial charge on any atom is -0.275 e. The van der Waals surface area contributed by atoms with Crippen molar-refractivity contribution >= 4 is 0 Å². The van der Waals surface area contributed by atoms with Crippen LogP contribution in [0.5, 0.6) is 0 Å². The highest BCUT2D eigenvalue weighted by atomic mass is 15.2. The van der Waals surface area contributed by atoms with E-state index in [1.165, 1.54) is 0 Å². The molecule has 16 heavy (non-hydrogen) atoms. The first-order valence-corrected chi connectivity index (χ1v) is 5.54. The summed E-state index contributed by atoms with van der Waals surface area (Å²) in [5, 5.41) is 4.18. The van der Waals surface area contributed by atoms with Crippen molar-refractivity contribution in [3.8, 4) is 11.1 Å². The number of aryl methyl sites for hydroxylation is 2. The predicted octanol–water partition coefficient (Wildman–Crippen LogP) is 2.91. The Morgan fingerprint density at radius 2 is 2.00 bits per heavy atom. The standard InChI is InChI=1S/C13H17N3/c1-9(2)13-6-5-12(10(3)15-13)11-7-14-16(4)8-11/h5-9H,1-4H3. The van der Waals surface area contributed by atoms with Crippen molar-refractivity contribution in [1.82, 2.24) is 14.8 Å². The fraction of sp³-hybridized carbons (Fsp3) is 0.385. The van der Waals surface area contributed by atoms with Crippen LogP contribution in [0.25, 0.3) is 11.1 Å². The summed E-state index contributed by atoms with van der Waals surface area (Å²) in [6.45, 7) is 6.37. The molecule has 0 aliphatic heterocycles. The average molecular weight is 215 g/mol. The smallest absolute Gasteiger partial charge is 0.0568 e. The highest BCUT2D eigenvalue weighted by Gasteiger charge is 2.07. The van der Waals surface area contributed by atoms with Crippen LogP contribution in [0.2, 0.25) is 0 Å². The third kappa shape index (κ3) is 1.98. The first-order chi connectivity index (χ1) is 7.58. The monoisotopic (exact) mass is 215 g/mol. The number of hydrogen-bond acceptors (Lipinski definition) is 2. The fourth-order valence-electron chi connectivity index (χ4n) is 1.77. The summed E-state index contributed by atoms with van der Waals surface area (Å²) < 4.78 is 1.81. The van der Waals surface area contributed by atoms with E-state index in [1.54, 1.807) is 0 Å². The van der Waals surface area contributed by atoms with E-state index >= 15 is 0 Å². The maximum atomic E-state index is 4.62. The van der Waals surface area contributed by atoms with Crippen LogP contribution in [-0.2, 0) is 7.05 Å². The summed E-state index contributed by atoms with van der Waals surface area (Å²) in [5.74, 6) is 0.474. The molecular formula is C13H17N3. The molecule has 0 amide bonds. The minimum atomic E-state index is 0.474. The fourth-order valence-corrected chi connectivity index (χ4v) is 1.77. The van der Waals surface area contributed by atoms with Crippen LogP contribution < -0.4 is 0 Å². The third-order valence-corrected chi connectivity index (χ3v) is 2.71. The lowest BCUT2D eigenvalue weighted by atomic mass is 10.0. The number of aromatic nitrogens is 3. The van der Waals surface area contributed by atoms with Gasteiger partial charge in [0, 0.05) is 35.8 Å². The highest BCUT2D eigenvalue weighted by Crippen LogP contribution is 2.23. The van der Waals surface area contributed by atoms with E-state index in [0.29, 0.717) is 5.92 Å². The molecule has 0 unspecified atom stereocenters. The zero-order valence-corrected chi connectivity index (χ0v) is 10.2. The largest absolute Gasteiger partial charge is 0.275 e. The van der Waals surface area contributed by atoms with Gasteiger partial charge < -0.3 is 0 Å². The second-order valence-corrected chi connectivity index (χ2v) is 4.43. The lowest BCUT2D eigenvalue weighted by Crippen LogP contribution is -1.96. The van der Waals surface area contributed by atoms with E-state index in [1.807, 2.05) is 31.0 Å². The Hall–Kier alpha value is -1.64. The molecule has 0 bridgehead atoms. The Morgan fingerprint density at radius 3 is 2.50 bits per heavy atom. The molecule has 0 saturated heterocycles. The molecule has 2 heterocycles. The molecule has 2 rings (SSSR count). The Bertz CT molecular complexity index is 498. The molecule has 2 aromatic heterocycles. The molecule has 0 atom stereocenters. The van der Waals surface area contributed by atoms with Crippen LogP contribution in [0, 0.1) is 6.92 Å². The van der Waals surface area contributed by atoms with Crippen molar-refractivity contribution in [2.24, 2.45) is 7.05 Å². The van der Waals surface area contributed by atoms with Gasteiger partial charge in [0.05, 0.1) is 6.20 Å². The second-order valence-electron chi connectivity index (χ2n) is 4.43. The summed E-state index contributed by atoms with van der Waals surface area (Å²) >= 11 is 0. The molecule has 0 aliphatic carbocycles. The molecule has 3 heteroatoms. The van der Waals surface area contributed by atoms with Crippen LogP contribution in [0.15, 0.2) is 24.5 Å². The summed E-state index contributed by atoms with van der Waals surface area (Å²) in [6, 6.07) is 4.23. The summed E-state index contributed by atoms with van der Waals surface area (Å²) in [6.07, 6.45) is 3.89. The molecule has 2 aromatic rings.